The molecule has 2 fully saturated rings. The van der Waals surface area contributed by atoms with Crippen molar-refractivity contribution in [3.8, 4) is 11.5 Å². The summed E-state index contributed by atoms with van der Waals surface area (Å²) in [6, 6.07) is 5.07. The van der Waals surface area contributed by atoms with Crippen molar-refractivity contribution < 1.29 is 22.7 Å². The van der Waals surface area contributed by atoms with Gasteiger partial charge < -0.3 is 14.4 Å². The predicted molar refractivity (Wildman–Crippen MR) is 108 cm³/mol. The van der Waals surface area contributed by atoms with Crippen molar-refractivity contribution in [3.05, 3.63) is 18.2 Å². The fourth-order valence-electron chi connectivity index (χ4n) is 3.21. The van der Waals surface area contributed by atoms with E-state index < -0.39 is 9.84 Å². The van der Waals surface area contributed by atoms with Crippen LogP contribution in [0.3, 0.4) is 0 Å². The third kappa shape index (κ3) is 3.94. The Kier molecular flexibility index (Phi) is 5.71. The monoisotopic (exact) mass is 412 g/mol. The normalized spacial score (nSPS) is 26.1. The van der Waals surface area contributed by atoms with E-state index in [1.165, 1.54) is 11.8 Å². The Balaban J connectivity index is 2.06. The molecule has 2 heterocycles. The van der Waals surface area contributed by atoms with Crippen molar-refractivity contribution in [1.29, 1.82) is 0 Å². The summed E-state index contributed by atoms with van der Waals surface area (Å²) >= 11 is 1.36. The number of rotatable bonds is 5. The maximum atomic E-state index is 12.4. The van der Waals surface area contributed by atoms with E-state index in [0.717, 1.165) is 0 Å². The molecular formula is C18H24N2O5S2. The van der Waals surface area contributed by atoms with E-state index in [1.807, 2.05) is 24.8 Å². The molecule has 0 aromatic heterocycles. The molecule has 3 atom stereocenters. The highest BCUT2D eigenvalue weighted by atomic mass is 32.2. The summed E-state index contributed by atoms with van der Waals surface area (Å²) in [5.74, 6) is 0.933. The Labute approximate surface area is 164 Å². The Morgan fingerprint density at radius 3 is 2.70 bits per heavy atom. The molecule has 7 nitrogen and oxygen atoms in total. The lowest BCUT2D eigenvalue weighted by Crippen LogP contribution is -2.38. The zero-order valence-corrected chi connectivity index (χ0v) is 17.5. The number of sulfone groups is 1. The summed E-state index contributed by atoms with van der Waals surface area (Å²) in [5.41, 5.74) is 0.686. The van der Waals surface area contributed by atoms with Crippen molar-refractivity contribution in [1.82, 2.24) is 0 Å². The van der Waals surface area contributed by atoms with Crippen LogP contribution in [0.1, 0.15) is 20.3 Å². The summed E-state index contributed by atoms with van der Waals surface area (Å²) in [4.78, 5) is 18.6. The number of hydrogen-bond acceptors (Lipinski definition) is 6. The van der Waals surface area contributed by atoms with Gasteiger partial charge in [-0.2, -0.15) is 4.99 Å². The number of thioether (sulfide) groups is 1. The molecule has 2 saturated heterocycles. The minimum absolute atomic E-state index is 0.0381. The van der Waals surface area contributed by atoms with Gasteiger partial charge in [0.05, 0.1) is 37.5 Å². The Hall–Kier alpha value is -1.74. The van der Waals surface area contributed by atoms with E-state index in [2.05, 4.69) is 4.99 Å². The number of amidine groups is 1. The van der Waals surface area contributed by atoms with Gasteiger partial charge in [0.1, 0.15) is 11.5 Å². The molecule has 27 heavy (non-hydrogen) atoms. The molecule has 0 spiro atoms. The number of methoxy groups -OCH3 is 2. The van der Waals surface area contributed by atoms with Crippen molar-refractivity contribution in [2.24, 2.45) is 10.9 Å². The van der Waals surface area contributed by atoms with E-state index >= 15 is 0 Å². The molecule has 2 aliphatic heterocycles. The number of anilines is 1. The molecule has 0 bridgehead atoms. The highest BCUT2D eigenvalue weighted by Crippen LogP contribution is 2.44. The second-order valence-corrected chi connectivity index (χ2v) is 10.1. The maximum Gasteiger partial charge on any atom is 0.250 e. The fourth-order valence-corrected chi connectivity index (χ4v) is 7.12. The van der Waals surface area contributed by atoms with Gasteiger partial charge in [0.15, 0.2) is 15.0 Å². The van der Waals surface area contributed by atoms with Gasteiger partial charge in [-0.1, -0.05) is 25.6 Å². The molecule has 1 amide bonds. The highest BCUT2D eigenvalue weighted by molar-refractivity contribution is 8.16. The summed E-state index contributed by atoms with van der Waals surface area (Å²) in [6.07, 6.45) is 0.702. The number of aliphatic imine (C=N–C) groups is 1. The molecule has 0 unspecified atom stereocenters. The second kappa shape index (κ2) is 7.71. The van der Waals surface area contributed by atoms with E-state index in [9.17, 15) is 13.2 Å². The van der Waals surface area contributed by atoms with Crippen LogP contribution < -0.4 is 14.4 Å². The molecule has 3 rings (SSSR count). The lowest BCUT2D eigenvalue weighted by molar-refractivity contribution is -0.121. The Morgan fingerprint density at radius 2 is 2.07 bits per heavy atom. The van der Waals surface area contributed by atoms with E-state index in [-0.39, 0.29) is 34.6 Å². The van der Waals surface area contributed by atoms with Crippen LogP contribution in [0.25, 0.3) is 0 Å². The van der Waals surface area contributed by atoms with Gasteiger partial charge in [0.25, 0.3) is 5.91 Å². The zero-order chi connectivity index (χ0) is 19.8. The average Bonchev–Trinajstić information content (AvgIpc) is 3.11. The van der Waals surface area contributed by atoms with Crippen molar-refractivity contribution >= 4 is 38.4 Å². The fraction of sp³-hybridized carbons (Fsp3) is 0.556. The van der Waals surface area contributed by atoms with Crippen LogP contribution in [-0.2, 0) is 14.6 Å². The van der Waals surface area contributed by atoms with Crippen molar-refractivity contribution in [2.45, 2.75) is 31.6 Å². The highest BCUT2D eigenvalue weighted by Gasteiger charge is 2.50. The molecule has 0 radical (unpaired) electrons. The van der Waals surface area contributed by atoms with Gasteiger partial charge in [-0.3, -0.25) is 4.79 Å². The first-order valence-electron chi connectivity index (χ1n) is 8.80. The first-order valence-corrected chi connectivity index (χ1v) is 11.5. The van der Waals surface area contributed by atoms with Crippen LogP contribution in [0.5, 0.6) is 11.5 Å². The molecule has 0 aliphatic carbocycles. The van der Waals surface area contributed by atoms with Gasteiger partial charge in [-0.25, -0.2) is 8.42 Å². The van der Waals surface area contributed by atoms with Crippen LogP contribution in [0.2, 0.25) is 0 Å². The largest absolute Gasteiger partial charge is 0.497 e. The predicted octanol–water partition coefficient (Wildman–Crippen LogP) is 2.35. The molecule has 0 N–H and O–H groups in total. The van der Waals surface area contributed by atoms with Crippen molar-refractivity contribution in [3.63, 3.8) is 0 Å². The average molecular weight is 413 g/mol. The minimum atomic E-state index is -3.12. The molecule has 1 aromatic carbocycles. The smallest absolute Gasteiger partial charge is 0.250 e. The number of benzene rings is 1. The Morgan fingerprint density at radius 1 is 1.33 bits per heavy atom. The lowest BCUT2D eigenvalue weighted by atomic mass is 10.1. The Bertz CT molecular complexity index is 869. The molecule has 9 heteroatoms. The summed E-state index contributed by atoms with van der Waals surface area (Å²) in [6.45, 7) is 3.78. The number of hydrogen-bond donors (Lipinski definition) is 0. The summed E-state index contributed by atoms with van der Waals surface area (Å²) in [5, 5.41) is 0.388. The molecular weight excluding hydrogens is 388 g/mol. The first-order chi connectivity index (χ1) is 12.8. The van der Waals surface area contributed by atoms with E-state index in [0.29, 0.717) is 28.8 Å². The summed E-state index contributed by atoms with van der Waals surface area (Å²) in [7, 11) is -0.00565. The van der Waals surface area contributed by atoms with Crippen LogP contribution in [0, 0.1) is 5.92 Å². The lowest BCUT2D eigenvalue weighted by Gasteiger charge is -2.26. The maximum absolute atomic E-state index is 12.4. The number of carbonyl (C=O) groups is 1. The van der Waals surface area contributed by atoms with Crippen LogP contribution in [0.15, 0.2) is 23.2 Å². The molecule has 0 saturated carbocycles. The number of carbonyl (C=O) groups excluding carboxylic acids is 1. The molecule has 148 valence electrons. The molecule has 2 aliphatic rings. The zero-order valence-electron chi connectivity index (χ0n) is 15.8. The summed E-state index contributed by atoms with van der Waals surface area (Å²) < 4.78 is 35.1. The van der Waals surface area contributed by atoms with E-state index in [1.54, 1.807) is 26.4 Å². The number of nitrogens with zero attached hydrogens (tertiary/aromatic N) is 2. The SMILES string of the molecule is CC[C@H](C)C(=O)N=C1S[C@H]2CS(=O)(=O)C[C@H]2N1c1ccc(OC)cc1OC. The number of amides is 1. The topological polar surface area (TPSA) is 85.3 Å². The third-order valence-corrected chi connectivity index (χ3v) is 8.16. The van der Waals surface area contributed by atoms with Gasteiger partial charge in [-0.15, -0.1) is 0 Å². The second-order valence-electron chi connectivity index (χ2n) is 6.75. The quantitative estimate of drug-likeness (QED) is 0.734. The van der Waals surface area contributed by atoms with Crippen LogP contribution in [0.4, 0.5) is 5.69 Å². The van der Waals surface area contributed by atoms with E-state index in [4.69, 9.17) is 9.47 Å². The standard InChI is InChI=1S/C18H24N2O5S2/c1-5-11(2)17(21)19-18-20(14-9-27(22,23)10-16(14)26-18)13-7-6-12(24-3)8-15(13)25-4/h6-8,11,14,16H,5,9-10H2,1-4H3/t11-,14+,16-/m0/s1. The third-order valence-electron chi connectivity index (χ3n) is 4.95. The first kappa shape index (κ1) is 20.0. The van der Waals surface area contributed by atoms with Crippen LogP contribution >= 0.6 is 11.8 Å². The number of ether oxygens (including phenoxy) is 2. The van der Waals surface area contributed by atoms with Gasteiger partial charge in [-0.05, 0) is 18.6 Å². The molecule has 1 aromatic rings. The van der Waals surface area contributed by atoms with Gasteiger partial charge >= 0.3 is 0 Å². The van der Waals surface area contributed by atoms with Gasteiger partial charge in [0, 0.05) is 17.2 Å². The number of fused-ring (bicyclic) bond motifs is 1. The van der Waals surface area contributed by atoms with Gasteiger partial charge in [0.2, 0.25) is 0 Å². The van der Waals surface area contributed by atoms with Crippen molar-refractivity contribution in [2.75, 3.05) is 30.6 Å². The minimum Gasteiger partial charge on any atom is -0.497 e. The van der Waals surface area contributed by atoms with Crippen LogP contribution in [-0.4, -0.2) is 56.5 Å².